The molecule has 8 heteroatoms. The van der Waals surface area contributed by atoms with Crippen LogP contribution in [0.15, 0.2) is 46.0 Å². The van der Waals surface area contributed by atoms with E-state index in [4.69, 9.17) is 0 Å². The smallest absolute Gasteiger partial charge is 0.252 e. The van der Waals surface area contributed by atoms with Gasteiger partial charge in [0.2, 0.25) is 5.91 Å². The first-order valence-electron chi connectivity index (χ1n) is 9.40. The average Bonchev–Trinajstić information content (AvgIpc) is 3.22. The van der Waals surface area contributed by atoms with E-state index in [-0.39, 0.29) is 11.8 Å². The number of amides is 1. The number of rotatable bonds is 7. The van der Waals surface area contributed by atoms with Gasteiger partial charge in [-0.25, -0.2) is 8.42 Å². The predicted molar refractivity (Wildman–Crippen MR) is 111 cm³/mol. The molecule has 152 valence electrons. The molecule has 1 aliphatic rings. The van der Waals surface area contributed by atoms with Crippen LogP contribution in [0.1, 0.15) is 24.0 Å². The fraction of sp³-hybridized carbons (Fsp3) is 0.450. The van der Waals surface area contributed by atoms with Gasteiger partial charge in [0.1, 0.15) is 4.21 Å². The highest BCUT2D eigenvalue weighted by Crippen LogP contribution is 2.26. The average molecular weight is 422 g/mol. The Morgan fingerprint density at radius 3 is 2.36 bits per heavy atom. The van der Waals surface area contributed by atoms with Gasteiger partial charge in [-0.15, -0.1) is 11.3 Å². The SMILES string of the molecule is CN(C)Cc1ccc(CNC(=O)C2CCN(S(=O)(=O)c3cccs3)CC2)cc1. The first-order chi connectivity index (χ1) is 13.4. The van der Waals surface area contributed by atoms with Crippen LogP contribution >= 0.6 is 11.3 Å². The van der Waals surface area contributed by atoms with Crippen molar-refractivity contribution in [3.63, 3.8) is 0 Å². The zero-order chi connectivity index (χ0) is 20.1. The van der Waals surface area contributed by atoms with Crippen LogP contribution in [0.4, 0.5) is 0 Å². The van der Waals surface area contributed by atoms with E-state index in [0.717, 1.165) is 12.1 Å². The highest BCUT2D eigenvalue weighted by atomic mass is 32.2. The molecular weight excluding hydrogens is 394 g/mol. The van der Waals surface area contributed by atoms with Gasteiger partial charge < -0.3 is 10.2 Å². The van der Waals surface area contributed by atoms with Gasteiger partial charge in [-0.3, -0.25) is 4.79 Å². The number of thiophene rings is 1. The van der Waals surface area contributed by atoms with E-state index in [1.807, 2.05) is 26.2 Å². The van der Waals surface area contributed by atoms with Gasteiger partial charge >= 0.3 is 0 Å². The second-order valence-electron chi connectivity index (χ2n) is 7.38. The Kier molecular flexibility index (Phi) is 6.87. The fourth-order valence-electron chi connectivity index (χ4n) is 3.36. The molecule has 0 atom stereocenters. The summed E-state index contributed by atoms with van der Waals surface area (Å²) >= 11 is 1.23. The van der Waals surface area contributed by atoms with Gasteiger partial charge in [-0.2, -0.15) is 4.31 Å². The van der Waals surface area contributed by atoms with Gasteiger partial charge in [-0.05, 0) is 49.5 Å². The number of benzene rings is 1. The van der Waals surface area contributed by atoms with Crippen molar-refractivity contribution in [3.8, 4) is 0 Å². The van der Waals surface area contributed by atoms with Crippen molar-refractivity contribution in [2.24, 2.45) is 5.92 Å². The van der Waals surface area contributed by atoms with Crippen LogP contribution in [0, 0.1) is 5.92 Å². The molecule has 2 heterocycles. The van der Waals surface area contributed by atoms with Crippen molar-refractivity contribution in [1.29, 1.82) is 0 Å². The van der Waals surface area contributed by atoms with E-state index < -0.39 is 10.0 Å². The fourth-order valence-corrected chi connectivity index (χ4v) is 5.97. The van der Waals surface area contributed by atoms with E-state index in [2.05, 4.69) is 22.3 Å². The molecule has 0 saturated carbocycles. The third-order valence-electron chi connectivity index (χ3n) is 4.90. The number of carbonyl (C=O) groups is 1. The summed E-state index contributed by atoms with van der Waals surface area (Å²) in [6.45, 7) is 2.16. The molecule has 2 aromatic rings. The summed E-state index contributed by atoms with van der Waals surface area (Å²) in [7, 11) is 0.646. The highest BCUT2D eigenvalue weighted by molar-refractivity contribution is 7.91. The van der Waals surface area contributed by atoms with Crippen LogP contribution in [0.3, 0.4) is 0 Å². The number of hydrogen-bond acceptors (Lipinski definition) is 5. The van der Waals surface area contributed by atoms with Crippen LogP contribution in [0.5, 0.6) is 0 Å². The molecule has 0 radical (unpaired) electrons. The summed E-state index contributed by atoms with van der Waals surface area (Å²) in [5.41, 5.74) is 2.30. The van der Waals surface area contributed by atoms with Crippen LogP contribution in [0.2, 0.25) is 0 Å². The van der Waals surface area contributed by atoms with Crippen molar-refractivity contribution in [2.75, 3.05) is 27.2 Å². The van der Waals surface area contributed by atoms with Crippen molar-refractivity contribution in [3.05, 3.63) is 52.9 Å². The van der Waals surface area contributed by atoms with Gasteiger partial charge in [0.25, 0.3) is 10.0 Å². The van der Waals surface area contributed by atoms with Crippen molar-refractivity contribution in [1.82, 2.24) is 14.5 Å². The molecule has 0 aliphatic carbocycles. The summed E-state index contributed by atoms with van der Waals surface area (Å²) in [5, 5.41) is 4.76. The lowest BCUT2D eigenvalue weighted by molar-refractivity contribution is -0.126. The number of piperidine rings is 1. The van der Waals surface area contributed by atoms with Crippen LogP contribution < -0.4 is 5.32 Å². The number of carbonyl (C=O) groups excluding carboxylic acids is 1. The minimum atomic E-state index is -3.42. The maximum absolute atomic E-state index is 12.6. The molecule has 0 unspecified atom stereocenters. The maximum atomic E-state index is 12.6. The van der Waals surface area contributed by atoms with Crippen LogP contribution in [0.25, 0.3) is 0 Å². The lowest BCUT2D eigenvalue weighted by Crippen LogP contribution is -2.42. The van der Waals surface area contributed by atoms with Crippen molar-refractivity contribution >= 4 is 27.3 Å². The van der Waals surface area contributed by atoms with E-state index in [1.54, 1.807) is 17.5 Å². The lowest BCUT2D eigenvalue weighted by Gasteiger charge is -2.30. The Balaban J connectivity index is 1.48. The molecule has 0 bridgehead atoms. The van der Waals surface area contributed by atoms with E-state index in [9.17, 15) is 13.2 Å². The normalized spacial score (nSPS) is 16.4. The number of hydrogen-bond donors (Lipinski definition) is 1. The second-order valence-corrected chi connectivity index (χ2v) is 10.5. The Labute approximate surface area is 171 Å². The molecule has 1 amide bonds. The van der Waals surface area contributed by atoms with Crippen LogP contribution in [-0.2, 0) is 27.9 Å². The van der Waals surface area contributed by atoms with Gasteiger partial charge in [0, 0.05) is 32.1 Å². The van der Waals surface area contributed by atoms with Crippen molar-refractivity contribution in [2.45, 2.75) is 30.1 Å². The Hall–Kier alpha value is -1.74. The first-order valence-corrected chi connectivity index (χ1v) is 11.7. The largest absolute Gasteiger partial charge is 0.352 e. The molecule has 1 N–H and O–H groups in total. The minimum Gasteiger partial charge on any atom is -0.352 e. The molecule has 1 aromatic heterocycles. The highest BCUT2D eigenvalue weighted by Gasteiger charge is 2.32. The van der Waals surface area contributed by atoms with Crippen LogP contribution in [-0.4, -0.2) is 50.7 Å². The topological polar surface area (TPSA) is 69.7 Å². The van der Waals surface area contributed by atoms with E-state index >= 15 is 0 Å². The van der Waals surface area contributed by atoms with E-state index in [1.165, 1.54) is 21.2 Å². The second kappa shape index (κ2) is 9.17. The third kappa shape index (κ3) is 5.20. The summed E-state index contributed by atoms with van der Waals surface area (Å²) in [6, 6.07) is 11.6. The summed E-state index contributed by atoms with van der Waals surface area (Å²) in [4.78, 5) is 14.6. The number of sulfonamides is 1. The summed E-state index contributed by atoms with van der Waals surface area (Å²) in [5.74, 6) is -0.131. The molecule has 0 spiro atoms. The Bertz CT molecular complexity index is 870. The zero-order valence-electron chi connectivity index (χ0n) is 16.3. The standard InChI is InChI=1S/C20H27N3O3S2/c1-22(2)15-17-7-5-16(6-8-17)14-21-20(24)18-9-11-23(12-10-18)28(25,26)19-4-3-13-27-19/h3-8,13,18H,9-12,14-15H2,1-2H3,(H,21,24). The third-order valence-corrected chi connectivity index (χ3v) is 8.17. The molecule has 6 nitrogen and oxygen atoms in total. The minimum absolute atomic E-state index is 0.00513. The molecule has 1 aromatic carbocycles. The van der Waals surface area contributed by atoms with Gasteiger partial charge in [0.05, 0.1) is 0 Å². The lowest BCUT2D eigenvalue weighted by atomic mass is 9.97. The zero-order valence-corrected chi connectivity index (χ0v) is 17.9. The number of nitrogens with one attached hydrogen (secondary N) is 1. The Morgan fingerprint density at radius 1 is 1.14 bits per heavy atom. The summed E-state index contributed by atoms with van der Waals surface area (Å²) in [6.07, 6.45) is 1.11. The Morgan fingerprint density at radius 2 is 1.79 bits per heavy atom. The predicted octanol–water partition coefficient (Wildman–Crippen LogP) is 2.53. The molecule has 1 fully saturated rings. The van der Waals surface area contributed by atoms with Gasteiger partial charge in [0.15, 0.2) is 0 Å². The number of nitrogens with zero attached hydrogens (tertiary/aromatic N) is 2. The monoisotopic (exact) mass is 421 g/mol. The molecule has 3 rings (SSSR count). The molecule has 1 aliphatic heterocycles. The first kappa shape index (κ1) is 21.0. The maximum Gasteiger partial charge on any atom is 0.252 e. The summed E-state index contributed by atoms with van der Waals surface area (Å²) < 4.78 is 27.0. The molecule has 28 heavy (non-hydrogen) atoms. The van der Waals surface area contributed by atoms with Crippen molar-refractivity contribution < 1.29 is 13.2 Å². The quantitative estimate of drug-likeness (QED) is 0.746. The molecular formula is C20H27N3O3S2. The molecule has 1 saturated heterocycles. The van der Waals surface area contributed by atoms with Gasteiger partial charge in [-0.1, -0.05) is 30.3 Å². The van der Waals surface area contributed by atoms with E-state index in [0.29, 0.717) is 36.7 Å².